The monoisotopic (exact) mass is 256 g/mol. The van der Waals surface area contributed by atoms with E-state index in [0.717, 1.165) is 30.0 Å². The topological polar surface area (TPSA) is 50.7 Å². The quantitative estimate of drug-likeness (QED) is 0.891. The molecular weight excluding hydrogens is 236 g/mol. The average Bonchev–Trinajstić information content (AvgIpc) is 2.39. The van der Waals surface area contributed by atoms with Gasteiger partial charge in [-0.25, -0.2) is 0 Å². The molecule has 1 unspecified atom stereocenters. The molecule has 1 atom stereocenters. The van der Waals surface area contributed by atoms with Gasteiger partial charge in [0.1, 0.15) is 0 Å². The summed E-state index contributed by atoms with van der Waals surface area (Å²) in [4.78, 5) is 12.8. The summed E-state index contributed by atoms with van der Waals surface area (Å²) in [6.07, 6.45) is 6.13. The molecule has 0 amide bonds. The summed E-state index contributed by atoms with van der Waals surface area (Å²) >= 11 is 0. The first-order valence-electron chi connectivity index (χ1n) is 6.56. The lowest BCUT2D eigenvalue weighted by Crippen LogP contribution is -2.28. The molecule has 2 heterocycles. The Hall–Kier alpha value is -1.81. The van der Waals surface area contributed by atoms with Crippen LogP contribution in [0.5, 0.6) is 0 Å². The minimum Gasteiger partial charge on any atom is -0.310 e. The molecule has 0 bridgehead atoms. The molecule has 0 aromatic carbocycles. The summed E-state index contributed by atoms with van der Waals surface area (Å²) < 4.78 is 0. The summed E-state index contributed by atoms with van der Waals surface area (Å²) in [5, 5.41) is 3.50. The van der Waals surface area contributed by atoms with Crippen molar-refractivity contribution in [3.63, 3.8) is 0 Å². The first-order valence-corrected chi connectivity index (χ1v) is 6.56. The second-order valence-electron chi connectivity index (χ2n) is 4.88. The Bertz CT molecular complexity index is 525. The van der Waals surface area contributed by atoms with E-state index in [1.807, 2.05) is 13.1 Å². The minimum atomic E-state index is 0.359. The van der Waals surface area contributed by atoms with E-state index in [2.05, 4.69) is 46.2 Å². The molecular formula is C15H20N4. The van der Waals surface area contributed by atoms with E-state index in [-0.39, 0.29) is 0 Å². The van der Waals surface area contributed by atoms with Gasteiger partial charge in [-0.15, -0.1) is 0 Å². The van der Waals surface area contributed by atoms with Crippen LogP contribution in [0.2, 0.25) is 0 Å². The molecule has 0 saturated heterocycles. The maximum absolute atomic E-state index is 4.47. The molecule has 19 heavy (non-hydrogen) atoms. The molecule has 0 aliphatic rings. The fourth-order valence-corrected chi connectivity index (χ4v) is 2.01. The van der Waals surface area contributed by atoms with Gasteiger partial charge in [-0.2, -0.15) is 0 Å². The van der Waals surface area contributed by atoms with Crippen LogP contribution in [0.25, 0.3) is 0 Å². The smallest absolute Gasteiger partial charge is 0.0602 e. The van der Waals surface area contributed by atoms with E-state index in [4.69, 9.17) is 0 Å². The van der Waals surface area contributed by atoms with Gasteiger partial charge in [0.25, 0.3) is 0 Å². The Morgan fingerprint density at radius 3 is 2.74 bits per heavy atom. The van der Waals surface area contributed by atoms with Crippen LogP contribution in [0.3, 0.4) is 0 Å². The van der Waals surface area contributed by atoms with E-state index in [1.54, 1.807) is 12.4 Å². The number of aromatic nitrogens is 3. The highest BCUT2D eigenvalue weighted by molar-refractivity contribution is 5.21. The van der Waals surface area contributed by atoms with Crippen LogP contribution in [-0.2, 0) is 13.0 Å². The summed E-state index contributed by atoms with van der Waals surface area (Å²) in [6.45, 7) is 7.06. The maximum atomic E-state index is 4.47. The largest absolute Gasteiger partial charge is 0.310 e. The van der Waals surface area contributed by atoms with Gasteiger partial charge < -0.3 is 5.32 Å². The summed E-state index contributed by atoms with van der Waals surface area (Å²) in [7, 11) is 0. The van der Waals surface area contributed by atoms with Crippen LogP contribution in [-0.4, -0.2) is 21.0 Å². The Kier molecular flexibility index (Phi) is 4.58. The van der Waals surface area contributed by atoms with Crippen LogP contribution >= 0.6 is 0 Å². The van der Waals surface area contributed by atoms with Crippen molar-refractivity contribution >= 4 is 0 Å². The number of nitrogens with zero attached hydrogens (tertiary/aromatic N) is 3. The molecule has 0 aliphatic heterocycles. The van der Waals surface area contributed by atoms with Gasteiger partial charge in [0.2, 0.25) is 0 Å². The molecule has 0 radical (unpaired) electrons. The summed E-state index contributed by atoms with van der Waals surface area (Å²) in [5.74, 6) is 0. The fraction of sp³-hybridized carbons (Fsp3) is 0.400. The van der Waals surface area contributed by atoms with Crippen molar-refractivity contribution in [2.75, 3.05) is 0 Å². The van der Waals surface area contributed by atoms with Gasteiger partial charge in [-0.1, -0.05) is 6.07 Å². The fourth-order valence-electron chi connectivity index (χ4n) is 2.01. The first-order chi connectivity index (χ1) is 9.15. The lowest BCUT2D eigenvalue weighted by molar-refractivity contribution is 0.537. The van der Waals surface area contributed by atoms with E-state index in [0.29, 0.717) is 6.04 Å². The minimum absolute atomic E-state index is 0.359. The third-order valence-electron chi connectivity index (χ3n) is 3.11. The van der Waals surface area contributed by atoms with E-state index >= 15 is 0 Å². The number of rotatable bonds is 5. The van der Waals surface area contributed by atoms with Gasteiger partial charge in [0.15, 0.2) is 0 Å². The predicted molar refractivity (Wildman–Crippen MR) is 75.7 cm³/mol. The Morgan fingerprint density at radius 1 is 1.21 bits per heavy atom. The van der Waals surface area contributed by atoms with Gasteiger partial charge >= 0.3 is 0 Å². The zero-order chi connectivity index (χ0) is 13.7. The summed E-state index contributed by atoms with van der Waals surface area (Å²) in [5.41, 5.74) is 4.42. The molecule has 4 heteroatoms. The molecule has 2 aromatic rings. The Morgan fingerprint density at radius 2 is 2.05 bits per heavy atom. The van der Waals surface area contributed by atoms with Crippen LogP contribution in [0.15, 0.2) is 30.7 Å². The number of nitrogens with one attached hydrogen (secondary N) is 1. The highest BCUT2D eigenvalue weighted by Gasteiger charge is 2.06. The Balaban J connectivity index is 1.88. The number of hydrogen-bond acceptors (Lipinski definition) is 4. The van der Waals surface area contributed by atoms with Crippen LogP contribution < -0.4 is 5.32 Å². The van der Waals surface area contributed by atoms with Crippen molar-refractivity contribution < 1.29 is 0 Å². The maximum Gasteiger partial charge on any atom is 0.0602 e. The Labute approximate surface area is 114 Å². The van der Waals surface area contributed by atoms with Crippen LogP contribution in [0.1, 0.15) is 29.6 Å². The molecule has 0 aliphatic carbocycles. The lowest BCUT2D eigenvalue weighted by Gasteiger charge is -2.14. The molecule has 100 valence electrons. The average molecular weight is 256 g/mol. The first kappa shape index (κ1) is 13.6. The van der Waals surface area contributed by atoms with Crippen molar-refractivity contribution in [2.45, 2.75) is 39.8 Å². The van der Waals surface area contributed by atoms with E-state index in [1.165, 1.54) is 5.56 Å². The molecule has 4 nitrogen and oxygen atoms in total. The zero-order valence-corrected chi connectivity index (χ0v) is 11.7. The molecule has 1 N–H and O–H groups in total. The molecule has 2 rings (SSSR count). The highest BCUT2D eigenvalue weighted by Crippen LogP contribution is 2.07. The van der Waals surface area contributed by atoms with Crippen LogP contribution in [0.4, 0.5) is 0 Å². The lowest BCUT2D eigenvalue weighted by atomic mass is 10.1. The van der Waals surface area contributed by atoms with Gasteiger partial charge in [-0.05, 0) is 32.4 Å². The standard InChI is InChI=1S/C15H20N4/c1-11-4-5-14(13(3)19-11)9-18-12(2)8-15-10-16-6-7-17-15/h4-7,10,12,18H,8-9H2,1-3H3. The molecule has 0 spiro atoms. The number of hydrogen-bond donors (Lipinski definition) is 1. The highest BCUT2D eigenvalue weighted by atomic mass is 14.9. The second-order valence-corrected chi connectivity index (χ2v) is 4.88. The zero-order valence-electron chi connectivity index (χ0n) is 11.7. The van der Waals surface area contributed by atoms with Crippen molar-refractivity contribution in [1.82, 2.24) is 20.3 Å². The van der Waals surface area contributed by atoms with Gasteiger partial charge in [0.05, 0.1) is 5.69 Å². The van der Waals surface area contributed by atoms with Crippen molar-refractivity contribution in [1.29, 1.82) is 0 Å². The van der Waals surface area contributed by atoms with Crippen molar-refractivity contribution in [2.24, 2.45) is 0 Å². The molecule has 2 aromatic heterocycles. The normalized spacial score (nSPS) is 12.4. The summed E-state index contributed by atoms with van der Waals surface area (Å²) in [6, 6.07) is 4.55. The number of aryl methyl sites for hydroxylation is 2. The van der Waals surface area contributed by atoms with Gasteiger partial charge in [-0.3, -0.25) is 15.0 Å². The third kappa shape index (κ3) is 4.10. The van der Waals surface area contributed by atoms with E-state index < -0.39 is 0 Å². The van der Waals surface area contributed by atoms with Gasteiger partial charge in [0, 0.05) is 49.0 Å². The third-order valence-corrected chi connectivity index (χ3v) is 3.11. The second kappa shape index (κ2) is 6.38. The van der Waals surface area contributed by atoms with Crippen molar-refractivity contribution in [3.8, 4) is 0 Å². The number of pyridine rings is 1. The van der Waals surface area contributed by atoms with Crippen LogP contribution in [0, 0.1) is 13.8 Å². The SMILES string of the molecule is Cc1ccc(CNC(C)Cc2cnccn2)c(C)n1. The predicted octanol–water partition coefficient (Wildman–Crippen LogP) is 2.21. The molecule has 0 fully saturated rings. The van der Waals surface area contributed by atoms with E-state index in [9.17, 15) is 0 Å². The van der Waals surface area contributed by atoms with Crippen molar-refractivity contribution in [3.05, 3.63) is 53.4 Å². The molecule has 0 saturated carbocycles.